The summed E-state index contributed by atoms with van der Waals surface area (Å²) in [6.45, 7) is 17.9. The van der Waals surface area contributed by atoms with Gasteiger partial charge in [-0.1, -0.05) is 199 Å². The van der Waals surface area contributed by atoms with Crippen LogP contribution in [-0.2, 0) is 9.53 Å². The van der Waals surface area contributed by atoms with E-state index in [2.05, 4.69) is 91.1 Å². The number of methoxy groups -OCH3 is 1. The molecule has 7 aromatic rings. The third kappa shape index (κ3) is 21.8. The van der Waals surface area contributed by atoms with Crippen LogP contribution in [0.5, 0.6) is 0 Å². The number of carbonyl (C=O) groups is 2. The molecule has 7 rings (SSSR count). The third-order valence-electron chi connectivity index (χ3n) is 8.93. The molecule has 0 bridgehead atoms. The number of ketones is 1. The van der Waals surface area contributed by atoms with Crippen molar-refractivity contribution in [1.29, 1.82) is 0 Å². The second kappa shape index (κ2) is 30.5. The minimum absolute atomic E-state index is 0.0376. The van der Waals surface area contributed by atoms with Gasteiger partial charge in [-0.05, 0) is 95.0 Å². The lowest BCUT2D eigenvalue weighted by Crippen LogP contribution is -1.93. The first-order valence-electron chi connectivity index (χ1n) is 21.2. The van der Waals surface area contributed by atoms with Gasteiger partial charge in [0.15, 0.2) is 5.78 Å². The Kier molecular flexibility index (Phi) is 25.0. The van der Waals surface area contributed by atoms with Crippen molar-refractivity contribution in [3.05, 3.63) is 236 Å². The number of esters is 1. The van der Waals surface area contributed by atoms with Gasteiger partial charge in [0, 0.05) is 23.1 Å². The first-order valence-corrected chi connectivity index (χ1v) is 21.2. The third-order valence-corrected chi connectivity index (χ3v) is 8.93. The first-order chi connectivity index (χ1) is 30.9. The van der Waals surface area contributed by atoms with Crippen molar-refractivity contribution in [2.45, 2.75) is 62.3 Å². The van der Waals surface area contributed by atoms with Crippen molar-refractivity contribution in [2.24, 2.45) is 0 Å². The Labute approximate surface area is 381 Å². The van der Waals surface area contributed by atoms with E-state index in [0.717, 1.165) is 27.6 Å². The fourth-order valence-corrected chi connectivity index (χ4v) is 5.13. The van der Waals surface area contributed by atoms with Crippen molar-refractivity contribution in [3.8, 4) is 11.8 Å². The van der Waals surface area contributed by atoms with E-state index in [1.807, 2.05) is 146 Å². The van der Waals surface area contributed by atoms with Crippen molar-refractivity contribution >= 4 is 47.0 Å². The van der Waals surface area contributed by atoms with Crippen LogP contribution in [0.25, 0.3) is 35.3 Å². The van der Waals surface area contributed by atoms with E-state index in [-0.39, 0.29) is 17.4 Å². The molecule has 0 saturated heterocycles. The summed E-state index contributed by atoms with van der Waals surface area (Å²) in [7, 11) is 1.36. The molecule has 0 spiro atoms. The molecule has 0 aliphatic heterocycles. The quantitative estimate of drug-likeness (QED) is 0.0399. The number of rotatable bonds is 7. The topological polar surface area (TPSA) is 73.6 Å². The van der Waals surface area contributed by atoms with Crippen LogP contribution < -0.4 is 5.63 Å². The van der Waals surface area contributed by atoms with Gasteiger partial charge in [-0.3, -0.25) is 4.79 Å². The second-order valence-electron chi connectivity index (χ2n) is 14.2. The number of ether oxygens (including phenoxy) is 1. The molecule has 0 aliphatic carbocycles. The largest absolute Gasteiger partial charge is 0.466 e. The van der Waals surface area contributed by atoms with Gasteiger partial charge in [-0.25, -0.2) is 9.59 Å². The van der Waals surface area contributed by atoms with E-state index in [1.165, 1.54) is 52.6 Å². The minimum Gasteiger partial charge on any atom is -0.466 e. The van der Waals surface area contributed by atoms with Crippen LogP contribution in [0.4, 0.5) is 0 Å². The molecule has 0 unspecified atom stereocenters. The number of allylic oxidation sites excluding steroid dienone is 1. The summed E-state index contributed by atoms with van der Waals surface area (Å²) in [5, 5.41) is 0.951. The van der Waals surface area contributed by atoms with Crippen LogP contribution in [0.3, 0.4) is 0 Å². The predicted molar refractivity (Wildman–Crippen MR) is 272 cm³/mol. The molecule has 5 nitrogen and oxygen atoms in total. The maximum Gasteiger partial charge on any atom is 0.336 e. The molecule has 0 saturated carbocycles. The van der Waals surface area contributed by atoms with Crippen LogP contribution in [0, 0.1) is 46.5 Å². The predicted octanol–water partition coefficient (Wildman–Crippen LogP) is 14.7. The fraction of sp³-hybridized carbons (Fsp3) is 0.169. The molecule has 0 radical (unpaired) electrons. The van der Waals surface area contributed by atoms with Crippen molar-refractivity contribution in [1.82, 2.24) is 0 Å². The van der Waals surface area contributed by atoms with E-state index in [4.69, 9.17) is 4.42 Å². The highest BCUT2D eigenvalue weighted by molar-refractivity contribution is 6.06. The summed E-state index contributed by atoms with van der Waals surface area (Å²) >= 11 is 0. The lowest BCUT2D eigenvalue weighted by Gasteiger charge is -1.97. The smallest absolute Gasteiger partial charge is 0.336 e. The van der Waals surface area contributed by atoms with E-state index >= 15 is 0 Å². The van der Waals surface area contributed by atoms with E-state index < -0.39 is 0 Å². The second-order valence-corrected chi connectivity index (χ2v) is 14.2. The van der Waals surface area contributed by atoms with Crippen molar-refractivity contribution in [3.63, 3.8) is 0 Å². The Morgan fingerprint density at radius 3 is 1.22 bits per heavy atom. The number of hydrogen-bond donors (Lipinski definition) is 0. The molecule has 0 aliphatic rings. The standard InChI is InChI=1S/C17H16O.C16H16.C11H12O2.C9H6O2.C4H6.C2H6/c1-13-3-7-15(8-4-13)9-12-17(18)16-10-5-14(2)6-11-16;1-13-3-7-15(8-4-13)11-12-16-9-5-14(2)6-10-16;1-9-3-5-10(6-4-9)7-8-11(12)13-2;10-9-6-5-7-3-1-2-4-8(7)11-9;1-3-4-2;1-2/h3-12H,1-2H3;3-12H,1-2H3;3-8H,1-2H3;1-6H;1-2H3;1-2H3/b12-9+;12-11+;8-7+;;;. The van der Waals surface area contributed by atoms with Crippen LogP contribution in [0.1, 0.15) is 88.1 Å². The molecular weight excluding hydrogens is 789 g/mol. The maximum atomic E-state index is 11.9. The summed E-state index contributed by atoms with van der Waals surface area (Å²) < 4.78 is 9.38. The highest BCUT2D eigenvalue weighted by Crippen LogP contribution is 2.12. The summed E-state index contributed by atoms with van der Waals surface area (Å²) in [4.78, 5) is 33.4. The van der Waals surface area contributed by atoms with E-state index in [0.29, 0.717) is 5.58 Å². The normalized spacial score (nSPS) is 9.91. The zero-order valence-electron chi connectivity index (χ0n) is 39.0. The van der Waals surface area contributed by atoms with Crippen LogP contribution >= 0.6 is 0 Å². The van der Waals surface area contributed by atoms with Gasteiger partial charge < -0.3 is 9.15 Å². The zero-order chi connectivity index (χ0) is 47.1. The van der Waals surface area contributed by atoms with Crippen molar-refractivity contribution < 1.29 is 18.7 Å². The minimum atomic E-state index is -0.333. The highest BCUT2D eigenvalue weighted by atomic mass is 16.5. The Bertz CT molecular complexity index is 2580. The molecule has 0 amide bonds. The van der Waals surface area contributed by atoms with Gasteiger partial charge in [0.05, 0.1) is 7.11 Å². The lowest BCUT2D eigenvalue weighted by molar-refractivity contribution is -0.134. The van der Waals surface area contributed by atoms with Crippen LogP contribution in [0.15, 0.2) is 179 Å². The molecular formula is C59H62O5. The molecule has 0 atom stereocenters. The number of fused-ring (bicyclic) bond motifs is 1. The number of aryl methyl sites for hydroxylation is 5. The molecule has 328 valence electrons. The van der Waals surface area contributed by atoms with Gasteiger partial charge in [0.2, 0.25) is 0 Å². The van der Waals surface area contributed by atoms with E-state index in [9.17, 15) is 14.4 Å². The molecule has 64 heavy (non-hydrogen) atoms. The van der Waals surface area contributed by atoms with Gasteiger partial charge in [-0.15, -0.1) is 11.8 Å². The summed E-state index contributed by atoms with van der Waals surface area (Å²) in [6.07, 6.45) is 10.9. The molecule has 6 aromatic carbocycles. The van der Waals surface area contributed by atoms with Gasteiger partial charge in [0.1, 0.15) is 5.58 Å². The summed E-state index contributed by atoms with van der Waals surface area (Å²) in [6, 6.07) is 51.3. The number of hydrogen-bond acceptors (Lipinski definition) is 5. The van der Waals surface area contributed by atoms with E-state index in [1.54, 1.807) is 24.3 Å². The Morgan fingerprint density at radius 1 is 0.469 bits per heavy atom. The van der Waals surface area contributed by atoms with Gasteiger partial charge in [-0.2, -0.15) is 0 Å². The maximum absolute atomic E-state index is 11.9. The van der Waals surface area contributed by atoms with Crippen LogP contribution in [-0.4, -0.2) is 18.9 Å². The number of carbonyl (C=O) groups excluding carboxylic acids is 2. The number of benzene rings is 6. The van der Waals surface area contributed by atoms with Gasteiger partial charge in [0.25, 0.3) is 0 Å². The number of para-hydroxylation sites is 1. The molecule has 0 N–H and O–H groups in total. The van der Waals surface area contributed by atoms with Crippen LogP contribution in [0.2, 0.25) is 0 Å². The average Bonchev–Trinajstić information content (AvgIpc) is 3.33. The Balaban J connectivity index is 0.000000285. The highest BCUT2D eigenvalue weighted by Gasteiger charge is 2.00. The lowest BCUT2D eigenvalue weighted by atomic mass is 10.1. The summed E-state index contributed by atoms with van der Waals surface area (Å²) in [5.41, 5.74) is 11.8. The monoisotopic (exact) mass is 850 g/mol. The Morgan fingerprint density at radius 2 is 0.828 bits per heavy atom. The molecule has 5 heteroatoms. The van der Waals surface area contributed by atoms with Gasteiger partial charge >= 0.3 is 11.6 Å². The molecule has 1 aromatic heterocycles. The zero-order valence-corrected chi connectivity index (χ0v) is 39.0. The van der Waals surface area contributed by atoms with Crippen molar-refractivity contribution in [2.75, 3.05) is 7.11 Å². The fourth-order valence-electron chi connectivity index (χ4n) is 5.13. The average molecular weight is 851 g/mol. The first kappa shape index (κ1) is 52.6. The molecule has 0 fully saturated rings. The Hall–Kier alpha value is -7.55. The molecule has 1 heterocycles. The SMILES string of the molecule is CC.CC#CC.COC(=O)/C=C/c1ccc(C)cc1.Cc1ccc(/C=C/C(=O)c2ccc(C)cc2)cc1.Cc1ccc(/C=C/c2ccc(C)cc2)cc1.O=c1ccc2ccccc2o1. The summed E-state index contributed by atoms with van der Waals surface area (Å²) in [5.74, 6) is 5.07.